The molecule has 1 fully saturated rings. The summed E-state index contributed by atoms with van der Waals surface area (Å²) in [4.78, 5) is 16.1. The van der Waals surface area contributed by atoms with Crippen LogP contribution in [0.3, 0.4) is 0 Å². The monoisotopic (exact) mass is 479 g/mol. The summed E-state index contributed by atoms with van der Waals surface area (Å²) in [6, 6.07) is 13.2. The van der Waals surface area contributed by atoms with Crippen LogP contribution in [-0.2, 0) is 4.79 Å². The third-order valence-corrected chi connectivity index (χ3v) is 6.00. The van der Waals surface area contributed by atoms with Gasteiger partial charge in [-0.2, -0.15) is 0 Å². The Morgan fingerprint density at radius 2 is 1.43 bits per heavy atom. The number of piperazine rings is 1. The second-order valence-electron chi connectivity index (χ2n) is 7.57. The number of unbranched alkanes of at least 4 members (excludes halogenated alkanes) is 1. The number of hydrogen-bond donors (Lipinski definition) is 1. The second kappa shape index (κ2) is 11.5. The summed E-state index contributed by atoms with van der Waals surface area (Å²) >= 11 is 3.14. The number of benzene rings is 2. The van der Waals surface area contributed by atoms with Crippen LogP contribution in [0, 0.1) is 11.6 Å². The molecule has 0 atom stereocenters. The third kappa shape index (κ3) is 6.59. The maximum Gasteiger partial charge on any atom is 0.230 e. The van der Waals surface area contributed by atoms with Crippen LogP contribution < -0.4 is 5.32 Å². The smallest absolute Gasteiger partial charge is 0.230 e. The van der Waals surface area contributed by atoms with Crippen LogP contribution in [0.15, 0.2) is 48.5 Å². The van der Waals surface area contributed by atoms with E-state index in [1.165, 1.54) is 24.3 Å². The summed E-state index contributed by atoms with van der Waals surface area (Å²) < 4.78 is 26.9. The highest BCUT2D eigenvalue weighted by Gasteiger charge is 2.26. The largest absolute Gasteiger partial charge is 0.355 e. The van der Waals surface area contributed by atoms with Crippen LogP contribution in [0.5, 0.6) is 0 Å². The van der Waals surface area contributed by atoms with Gasteiger partial charge in [0.1, 0.15) is 11.6 Å². The zero-order chi connectivity index (χ0) is 21.3. The number of carbonyl (C=O) groups is 1. The molecule has 0 aliphatic carbocycles. The summed E-state index contributed by atoms with van der Waals surface area (Å²) in [6.45, 7) is 5.40. The lowest BCUT2D eigenvalue weighted by molar-refractivity contribution is -0.118. The Hall–Kier alpha value is -1.83. The van der Waals surface area contributed by atoms with Gasteiger partial charge in [-0.25, -0.2) is 8.78 Å². The number of halogens is 3. The lowest BCUT2D eigenvalue weighted by atomic mass is 9.96. The zero-order valence-corrected chi connectivity index (χ0v) is 18.6. The second-order valence-corrected chi connectivity index (χ2v) is 8.13. The van der Waals surface area contributed by atoms with Crippen molar-refractivity contribution in [3.05, 3.63) is 71.3 Å². The van der Waals surface area contributed by atoms with Crippen LogP contribution in [0.25, 0.3) is 0 Å². The maximum absolute atomic E-state index is 13.4. The summed E-state index contributed by atoms with van der Waals surface area (Å²) in [5.74, 6) is -0.487. The highest BCUT2D eigenvalue weighted by molar-refractivity contribution is 9.09. The van der Waals surface area contributed by atoms with Gasteiger partial charge < -0.3 is 10.2 Å². The number of rotatable bonds is 9. The molecule has 162 valence electrons. The van der Waals surface area contributed by atoms with E-state index in [4.69, 9.17) is 0 Å². The first-order valence-electron chi connectivity index (χ1n) is 10.4. The van der Waals surface area contributed by atoms with Gasteiger partial charge in [0.2, 0.25) is 5.91 Å². The van der Waals surface area contributed by atoms with Crippen molar-refractivity contribution in [2.24, 2.45) is 0 Å². The van der Waals surface area contributed by atoms with Crippen molar-refractivity contribution >= 4 is 21.8 Å². The zero-order valence-electron chi connectivity index (χ0n) is 17.0. The Bertz CT molecular complexity index is 748. The molecule has 7 heteroatoms. The molecule has 0 saturated carbocycles. The van der Waals surface area contributed by atoms with E-state index in [2.05, 4.69) is 31.0 Å². The van der Waals surface area contributed by atoms with Crippen LogP contribution in [-0.4, -0.2) is 60.3 Å². The molecule has 1 aliphatic rings. The fourth-order valence-electron chi connectivity index (χ4n) is 3.88. The number of carbonyl (C=O) groups excluding carboxylic acids is 1. The molecule has 30 heavy (non-hydrogen) atoms. The first-order valence-corrected chi connectivity index (χ1v) is 11.5. The Morgan fingerprint density at radius 1 is 0.900 bits per heavy atom. The van der Waals surface area contributed by atoms with Crippen molar-refractivity contribution in [2.75, 3.05) is 44.6 Å². The molecule has 0 radical (unpaired) electrons. The molecule has 0 unspecified atom stereocenters. The van der Waals surface area contributed by atoms with Crippen molar-refractivity contribution in [3.63, 3.8) is 0 Å². The van der Waals surface area contributed by atoms with Gasteiger partial charge in [-0.1, -0.05) is 40.2 Å². The summed E-state index contributed by atoms with van der Waals surface area (Å²) in [5.41, 5.74) is 2.03. The number of alkyl halides is 1. The van der Waals surface area contributed by atoms with Gasteiger partial charge in [0.25, 0.3) is 0 Å². The van der Waals surface area contributed by atoms with Gasteiger partial charge in [-0.3, -0.25) is 9.69 Å². The van der Waals surface area contributed by atoms with E-state index in [-0.39, 0.29) is 23.6 Å². The predicted octanol–water partition coefficient (Wildman–Crippen LogP) is 3.96. The fraction of sp³-hybridized carbons (Fsp3) is 0.435. The van der Waals surface area contributed by atoms with E-state index in [0.29, 0.717) is 11.9 Å². The molecule has 2 aromatic carbocycles. The maximum atomic E-state index is 13.4. The molecule has 1 saturated heterocycles. The molecule has 1 heterocycles. The highest BCUT2D eigenvalue weighted by atomic mass is 79.9. The minimum Gasteiger partial charge on any atom is -0.355 e. The fourth-order valence-corrected chi connectivity index (χ4v) is 4.08. The molecule has 0 aromatic heterocycles. The van der Waals surface area contributed by atoms with Gasteiger partial charge in [-0.05, 0) is 54.8 Å². The van der Waals surface area contributed by atoms with E-state index in [9.17, 15) is 13.6 Å². The summed E-state index contributed by atoms with van der Waals surface area (Å²) in [7, 11) is 0. The van der Waals surface area contributed by atoms with Gasteiger partial charge in [0.15, 0.2) is 0 Å². The van der Waals surface area contributed by atoms with Gasteiger partial charge in [-0.15, -0.1) is 0 Å². The average Bonchev–Trinajstić information content (AvgIpc) is 2.77. The topological polar surface area (TPSA) is 35.6 Å². The van der Waals surface area contributed by atoms with Gasteiger partial charge in [0.05, 0.1) is 11.4 Å². The molecule has 2 aromatic rings. The van der Waals surface area contributed by atoms with E-state index in [0.717, 1.165) is 56.7 Å². The molecular formula is C23H28BrF2N3O. The number of amides is 1. The minimum atomic E-state index is -0.256. The minimum absolute atomic E-state index is 0.0205. The molecule has 1 N–H and O–H groups in total. The van der Waals surface area contributed by atoms with Crippen molar-refractivity contribution < 1.29 is 13.6 Å². The Kier molecular flexibility index (Phi) is 8.78. The van der Waals surface area contributed by atoms with E-state index in [1.807, 2.05) is 24.3 Å². The Morgan fingerprint density at radius 3 is 1.93 bits per heavy atom. The van der Waals surface area contributed by atoms with Gasteiger partial charge in [0, 0.05) is 32.7 Å². The number of nitrogens with zero attached hydrogens (tertiary/aromatic N) is 2. The molecule has 0 bridgehead atoms. The van der Waals surface area contributed by atoms with Crippen LogP contribution >= 0.6 is 15.9 Å². The molecule has 4 nitrogen and oxygen atoms in total. The van der Waals surface area contributed by atoms with Crippen molar-refractivity contribution in [1.82, 2.24) is 15.1 Å². The highest BCUT2D eigenvalue weighted by Crippen LogP contribution is 2.30. The summed E-state index contributed by atoms with van der Waals surface area (Å²) in [6.07, 6.45) is 2.01. The van der Waals surface area contributed by atoms with Crippen LogP contribution in [0.2, 0.25) is 0 Å². The molecule has 0 spiro atoms. The third-order valence-electron chi connectivity index (χ3n) is 5.49. The van der Waals surface area contributed by atoms with Crippen LogP contribution in [0.1, 0.15) is 30.0 Å². The van der Waals surface area contributed by atoms with Crippen molar-refractivity contribution in [1.29, 1.82) is 0 Å². The quantitative estimate of drug-likeness (QED) is 0.436. The van der Waals surface area contributed by atoms with Crippen molar-refractivity contribution in [2.45, 2.75) is 18.9 Å². The number of hydrogen-bond acceptors (Lipinski definition) is 3. The van der Waals surface area contributed by atoms with E-state index in [1.54, 1.807) is 0 Å². The lowest BCUT2D eigenvalue weighted by Gasteiger charge is -2.40. The molecule has 3 rings (SSSR count). The lowest BCUT2D eigenvalue weighted by Crippen LogP contribution is -2.48. The van der Waals surface area contributed by atoms with Crippen molar-refractivity contribution in [3.8, 4) is 0 Å². The van der Waals surface area contributed by atoms with E-state index >= 15 is 0 Å². The Labute approximate surface area is 185 Å². The molecule has 1 amide bonds. The molecule has 1 aliphatic heterocycles. The Balaban J connectivity index is 1.56. The average molecular weight is 480 g/mol. The van der Waals surface area contributed by atoms with E-state index < -0.39 is 0 Å². The number of nitrogens with one attached hydrogen (secondary N) is 1. The SMILES string of the molecule is O=C(CBr)NCCCCN1CCN(C(c2ccc(F)cc2)c2ccc(F)cc2)CC1. The standard InChI is InChI=1S/C23H28BrF2N3O/c24-17-22(30)27-11-1-2-12-28-13-15-29(16-14-28)23(18-3-7-20(25)8-4-18)19-5-9-21(26)10-6-19/h3-10,23H,1-2,11-17H2,(H,27,30). The normalized spacial score (nSPS) is 15.5. The predicted molar refractivity (Wildman–Crippen MR) is 119 cm³/mol. The molecular weight excluding hydrogens is 452 g/mol. The first kappa shape index (κ1) is 22.8. The summed E-state index contributed by atoms with van der Waals surface area (Å²) in [5, 5.41) is 3.22. The van der Waals surface area contributed by atoms with Gasteiger partial charge >= 0.3 is 0 Å². The first-order chi connectivity index (χ1) is 14.6. The van der Waals surface area contributed by atoms with Crippen LogP contribution in [0.4, 0.5) is 8.78 Å².